The number of hydrogen-bond acceptors (Lipinski definition) is 2. The Morgan fingerprint density at radius 2 is 1.87 bits per heavy atom. The van der Waals surface area contributed by atoms with Crippen LogP contribution >= 0.6 is 23.2 Å². The number of halogens is 3. The van der Waals surface area contributed by atoms with Crippen molar-refractivity contribution in [1.82, 2.24) is 4.72 Å². The second-order valence-corrected chi connectivity index (χ2v) is 7.19. The molecule has 0 aliphatic rings. The fourth-order valence-electron chi connectivity index (χ4n) is 1.75. The third-order valence-corrected chi connectivity index (χ3v) is 5.22. The minimum atomic E-state index is -3.83. The van der Waals surface area contributed by atoms with Crippen LogP contribution in [-0.4, -0.2) is 15.0 Å². The second kappa shape index (κ2) is 7.33. The van der Waals surface area contributed by atoms with Gasteiger partial charge in [0.05, 0.1) is 17.1 Å². The molecule has 0 atom stereocenters. The van der Waals surface area contributed by atoms with Gasteiger partial charge in [-0.3, -0.25) is 0 Å². The highest BCUT2D eigenvalue weighted by Crippen LogP contribution is 2.27. The maximum Gasteiger partial charge on any atom is 0.242 e. The van der Waals surface area contributed by atoms with Gasteiger partial charge in [0.1, 0.15) is 10.7 Å². The summed E-state index contributed by atoms with van der Waals surface area (Å²) in [6, 6.07) is 8.75. The van der Waals surface area contributed by atoms with Gasteiger partial charge in [-0.25, -0.2) is 12.8 Å². The van der Waals surface area contributed by atoms with Gasteiger partial charge in [0, 0.05) is 5.02 Å². The molecule has 0 fully saturated rings. The van der Waals surface area contributed by atoms with Gasteiger partial charge in [-0.15, -0.1) is 0 Å². The van der Waals surface area contributed by atoms with Crippen molar-refractivity contribution in [3.8, 4) is 11.8 Å². The summed E-state index contributed by atoms with van der Waals surface area (Å²) in [6.07, 6.45) is 0. The predicted octanol–water partition coefficient (Wildman–Crippen LogP) is 3.77. The van der Waals surface area contributed by atoms with Crippen molar-refractivity contribution in [2.75, 3.05) is 6.54 Å². The Hall–Kier alpha value is -1.58. The molecule has 1 N–H and O–H groups in total. The maximum atomic E-state index is 13.4. The molecular formula is C16H12Cl2FNO2S. The molecule has 0 spiro atoms. The molecule has 2 rings (SSSR count). The number of sulfonamides is 1. The molecule has 0 saturated heterocycles. The van der Waals surface area contributed by atoms with Crippen molar-refractivity contribution >= 4 is 33.2 Å². The van der Waals surface area contributed by atoms with E-state index in [0.29, 0.717) is 10.6 Å². The van der Waals surface area contributed by atoms with E-state index in [0.717, 1.165) is 0 Å². The minimum absolute atomic E-state index is 0.0233. The minimum Gasteiger partial charge on any atom is -0.207 e. The summed E-state index contributed by atoms with van der Waals surface area (Å²) in [6.45, 7) is 1.50. The van der Waals surface area contributed by atoms with E-state index in [-0.39, 0.29) is 22.0 Å². The van der Waals surface area contributed by atoms with E-state index in [1.165, 1.54) is 24.3 Å². The number of aryl methyl sites for hydroxylation is 1. The van der Waals surface area contributed by atoms with Crippen LogP contribution < -0.4 is 4.72 Å². The number of rotatable bonds is 3. The molecule has 2 aromatic rings. The molecule has 0 heterocycles. The van der Waals surface area contributed by atoms with Crippen LogP contribution in [0.1, 0.15) is 11.1 Å². The zero-order valence-electron chi connectivity index (χ0n) is 12.0. The molecule has 2 aromatic carbocycles. The molecule has 0 saturated carbocycles. The average Bonchev–Trinajstić information content (AvgIpc) is 2.49. The third kappa shape index (κ3) is 4.46. The fraction of sp³-hybridized carbons (Fsp3) is 0.125. The fourth-order valence-corrected chi connectivity index (χ4v) is 3.50. The van der Waals surface area contributed by atoms with Crippen LogP contribution in [0.2, 0.25) is 10.0 Å². The molecule has 0 aliphatic carbocycles. The SMILES string of the molecule is Cc1cc(S(=O)(=O)NCC#Cc2ccccc2F)c(Cl)cc1Cl. The van der Waals surface area contributed by atoms with E-state index in [9.17, 15) is 12.8 Å². The lowest BCUT2D eigenvalue weighted by Crippen LogP contribution is -2.24. The second-order valence-electron chi connectivity index (χ2n) is 4.64. The molecule has 0 amide bonds. The first-order valence-electron chi connectivity index (χ1n) is 6.50. The smallest absolute Gasteiger partial charge is 0.207 e. The normalized spacial score (nSPS) is 11.0. The third-order valence-electron chi connectivity index (χ3n) is 2.95. The van der Waals surface area contributed by atoms with Crippen molar-refractivity contribution in [3.05, 3.63) is 63.4 Å². The molecule has 0 aliphatic heterocycles. The highest BCUT2D eigenvalue weighted by atomic mass is 35.5. The summed E-state index contributed by atoms with van der Waals surface area (Å²) >= 11 is 11.8. The van der Waals surface area contributed by atoms with Gasteiger partial charge in [0.2, 0.25) is 10.0 Å². The van der Waals surface area contributed by atoms with E-state index in [4.69, 9.17) is 23.2 Å². The van der Waals surface area contributed by atoms with Crippen molar-refractivity contribution in [2.24, 2.45) is 0 Å². The predicted molar refractivity (Wildman–Crippen MR) is 89.7 cm³/mol. The molecule has 3 nitrogen and oxygen atoms in total. The molecule has 7 heteroatoms. The molecule has 0 unspecified atom stereocenters. The van der Waals surface area contributed by atoms with Crippen LogP contribution in [0.15, 0.2) is 41.3 Å². The molecule has 0 bridgehead atoms. The Bertz CT molecular complexity index is 902. The topological polar surface area (TPSA) is 46.2 Å². The molecule has 0 radical (unpaired) electrons. The van der Waals surface area contributed by atoms with Crippen LogP contribution in [0, 0.1) is 24.6 Å². The van der Waals surface area contributed by atoms with Crippen molar-refractivity contribution < 1.29 is 12.8 Å². The van der Waals surface area contributed by atoms with E-state index in [2.05, 4.69) is 16.6 Å². The van der Waals surface area contributed by atoms with Crippen LogP contribution in [0.4, 0.5) is 4.39 Å². The molecule has 0 aromatic heterocycles. The van der Waals surface area contributed by atoms with Gasteiger partial charge in [-0.1, -0.05) is 47.2 Å². The van der Waals surface area contributed by atoms with E-state index in [1.807, 2.05) is 0 Å². The molecular weight excluding hydrogens is 360 g/mol. The van der Waals surface area contributed by atoms with Crippen molar-refractivity contribution in [3.63, 3.8) is 0 Å². The first kappa shape index (κ1) is 17.8. The van der Waals surface area contributed by atoms with Crippen molar-refractivity contribution in [1.29, 1.82) is 0 Å². The average molecular weight is 372 g/mol. The molecule has 120 valence electrons. The summed E-state index contributed by atoms with van der Waals surface area (Å²) in [7, 11) is -3.83. The van der Waals surface area contributed by atoms with Gasteiger partial charge in [0.25, 0.3) is 0 Å². The number of nitrogens with one attached hydrogen (secondary N) is 1. The maximum absolute atomic E-state index is 13.4. The highest BCUT2D eigenvalue weighted by Gasteiger charge is 2.18. The van der Waals surface area contributed by atoms with Gasteiger partial charge in [0.15, 0.2) is 0 Å². The zero-order chi connectivity index (χ0) is 17.0. The Morgan fingerprint density at radius 3 is 2.57 bits per heavy atom. The first-order chi connectivity index (χ1) is 10.8. The highest BCUT2D eigenvalue weighted by molar-refractivity contribution is 7.89. The standard InChI is InChI=1S/C16H12Cl2FNO2S/c1-11-9-16(14(18)10-13(11)17)23(21,22)20-8-4-6-12-5-2-3-7-15(12)19/h2-3,5,7,9-10,20H,8H2,1H3. The number of benzene rings is 2. The Balaban J connectivity index is 2.15. The lowest BCUT2D eigenvalue weighted by molar-refractivity contribution is 0.586. The van der Waals surface area contributed by atoms with E-state index < -0.39 is 15.8 Å². The Morgan fingerprint density at radius 1 is 1.17 bits per heavy atom. The van der Waals surface area contributed by atoms with Crippen LogP contribution in [-0.2, 0) is 10.0 Å². The largest absolute Gasteiger partial charge is 0.242 e. The summed E-state index contributed by atoms with van der Waals surface area (Å²) in [5, 5.41) is 0.406. The van der Waals surface area contributed by atoms with Gasteiger partial charge >= 0.3 is 0 Å². The summed E-state index contributed by atoms with van der Waals surface area (Å²) in [4.78, 5) is -0.0752. The van der Waals surface area contributed by atoms with E-state index >= 15 is 0 Å². The van der Waals surface area contributed by atoms with Crippen LogP contribution in [0.25, 0.3) is 0 Å². The number of hydrogen-bond donors (Lipinski definition) is 1. The lowest BCUT2D eigenvalue weighted by Gasteiger charge is -2.08. The Kier molecular flexibility index (Phi) is 5.66. The summed E-state index contributed by atoms with van der Waals surface area (Å²) in [5.41, 5.74) is 0.793. The van der Waals surface area contributed by atoms with Crippen LogP contribution in [0.5, 0.6) is 0 Å². The molecule has 23 heavy (non-hydrogen) atoms. The van der Waals surface area contributed by atoms with E-state index in [1.54, 1.807) is 19.1 Å². The monoisotopic (exact) mass is 371 g/mol. The zero-order valence-corrected chi connectivity index (χ0v) is 14.4. The summed E-state index contributed by atoms with van der Waals surface area (Å²) < 4.78 is 40.1. The quantitative estimate of drug-likeness (QED) is 0.834. The van der Waals surface area contributed by atoms with Crippen LogP contribution in [0.3, 0.4) is 0 Å². The van der Waals surface area contributed by atoms with Gasteiger partial charge < -0.3 is 0 Å². The first-order valence-corrected chi connectivity index (χ1v) is 8.74. The van der Waals surface area contributed by atoms with Crippen molar-refractivity contribution in [2.45, 2.75) is 11.8 Å². The lowest BCUT2D eigenvalue weighted by atomic mass is 10.2. The Labute approximate surface area is 144 Å². The van der Waals surface area contributed by atoms with Gasteiger partial charge in [-0.05, 0) is 36.8 Å². The summed E-state index contributed by atoms with van der Waals surface area (Å²) in [5.74, 6) is 4.67. The van der Waals surface area contributed by atoms with Gasteiger partial charge in [-0.2, -0.15) is 4.72 Å².